The van der Waals surface area contributed by atoms with Crippen LogP contribution in [0.1, 0.15) is 10.4 Å². The maximum absolute atomic E-state index is 12.0. The molecule has 0 aliphatic rings. The van der Waals surface area contributed by atoms with Crippen molar-refractivity contribution in [3.05, 3.63) is 42.5 Å². The van der Waals surface area contributed by atoms with E-state index in [9.17, 15) is 4.79 Å². The molecule has 0 heterocycles. The van der Waals surface area contributed by atoms with Crippen molar-refractivity contribution in [2.24, 2.45) is 0 Å². The van der Waals surface area contributed by atoms with Crippen LogP contribution in [0, 0.1) is 0 Å². The third-order valence-corrected chi connectivity index (χ3v) is 5.63. The van der Waals surface area contributed by atoms with E-state index in [2.05, 4.69) is 23.8 Å². The second-order valence-electron chi connectivity index (χ2n) is 4.70. The number of ether oxygens (including phenoxy) is 1. The second kappa shape index (κ2) is 5.35. The van der Waals surface area contributed by atoms with Gasteiger partial charge in [-0.05, 0) is 0 Å². The Bertz CT molecular complexity index is 374. The van der Waals surface area contributed by atoms with E-state index in [0.29, 0.717) is 11.2 Å². The Kier molecular flexibility index (Phi) is 4.36. The molecule has 0 aromatic heterocycles. The number of carbonyl (C=O) groups is 1. The Morgan fingerprint density at radius 3 is 2.31 bits per heavy atom. The summed E-state index contributed by atoms with van der Waals surface area (Å²) in [6, 6.07) is 7.37. The predicted molar refractivity (Wildman–Crippen MR) is 69.8 cm³/mol. The van der Waals surface area contributed by atoms with E-state index in [1.807, 2.05) is 24.3 Å². The van der Waals surface area contributed by atoms with Crippen molar-refractivity contribution in [2.45, 2.75) is 17.3 Å². The molecule has 0 radical (unpaired) electrons. The molecule has 0 spiro atoms. The number of hydrogen-bond donors (Lipinski definition) is 0. The minimum atomic E-state index is -2.23. The van der Waals surface area contributed by atoms with E-state index in [0.717, 1.165) is 11.3 Å². The molecule has 0 aliphatic carbocycles. The fourth-order valence-corrected chi connectivity index (χ4v) is 3.46. The number of hydrogen-bond acceptors (Lipinski definition) is 2. The molecule has 0 bridgehead atoms. The molecule has 0 saturated heterocycles. The Labute approximate surface area is 99.7 Å². The van der Waals surface area contributed by atoms with Crippen molar-refractivity contribution in [3.8, 4) is 5.75 Å². The predicted octanol–water partition coefficient (Wildman–Crippen LogP) is 3.31. The molecule has 1 aromatic carbocycles. The summed E-state index contributed by atoms with van der Waals surface area (Å²) in [5.74, 6) is 7.08. The zero-order valence-electron chi connectivity index (χ0n) is 10.1. The summed E-state index contributed by atoms with van der Waals surface area (Å²) in [6.45, 7) is 4.07. The van der Waals surface area contributed by atoms with Crippen LogP contribution in [-0.2, 0) is 0 Å². The monoisotopic (exact) mass is 280 g/mol. The third-order valence-electron chi connectivity index (χ3n) is 2.17. The molecule has 2 nitrogen and oxygen atoms in total. The van der Waals surface area contributed by atoms with E-state index in [1.165, 1.54) is 0 Å². The summed E-state index contributed by atoms with van der Waals surface area (Å²) >= 11 is -2.23. The first-order valence-electron chi connectivity index (χ1n) is 5.33. The van der Waals surface area contributed by atoms with Crippen LogP contribution in [0.3, 0.4) is 0 Å². The van der Waals surface area contributed by atoms with Crippen molar-refractivity contribution < 1.29 is 9.53 Å². The average molecular weight is 279 g/mol. The van der Waals surface area contributed by atoms with Gasteiger partial charge < -0.3 is 0 Å². The van der Waals surface area contributed by atoms with Crippen LogP contribution in [0.4, 0.5) is 0 Å². The van der Waals surface area contributed by atoms with Crippen LogP contribution in [-0.4, -0.2) is 24.5 Å². The molecule has 0 N–H and O–H groups in total. The minimum absolute atomic E-state index is 0.329. The number of benzene rings is 1. The zero-order valence-corrected chi connectivity index (χ0v) is 12.2. The third kappa shape index (κ3) is 3.52. The van der Waals surface area contributed by atoms with E-state index < -0.39 is 13.3 Å². The van der Waals surface area contributed by atoms with Gasteiger partial charge in [-0.3, -0.25) is 0 Å². The van der Waals surface area contributed by atoms with Gasteiger partial charge in [-0.15, -0.1) is 0 Å². The van der Waals surface area contributed by atoms with E-state index in [1.54, 1.807) is 6.08 Å². The van der Waals surface area contributed by atoms with Crippen molar-refractivity contribution in [2.75, 3.05) is 6.61 Å². The number of carbonyl (C=O) groups excluding carboxylic acids is 1. The van der Waals surface area contributed by atoms with E-state index >= 15 is 0 Å². The van der Waals surface area contributed by atoms with Gasteiger partial charge in [0.05, 0.1) is 0 Å². The van der Waals surface area contributed by atoms with Gasteiger partial charge in [-0.25, -0.2) is 0 Å². The first-order valence-corrected chi connectivity index (χ1v) is 12.7. The summed E-state index contributed by atoms with van der Waals surface area (Å²) in [4.78, 5) is 12.0. The van der Waals surface area contributed by atoms with Gasteiger partial charge in [0.25, 0.3) is 0 Å². The van der Waals surface area contributed by atoms with Gasteiger partial charge in [-0.2, -0.15) is 0 Å². The molecule has 16 heavy (non-hydrogen) atoms. The quantitative estimate of drug-likeness (QED) is 0.610. The summed E-state index contributed by atoms with van der Waals surface area (Å²) in [6.07, 6.45) is 1.70. The van der Waals surface area contributed by atoms with Crippen LogP contribution >= 0.6 is 0 Å². The molecule has 0 unspecified atom stereocenters. The Hall–Kier alpha value is -1.03. The Morgan fingerprint density at radius 2 is 1.88 bits per heavy atom. The van der Waals surface area contributed by atoms with Crippen LogP contribution < -0.4 is 4.74 Å². The molecule has 0 atom stereocenters. The van der Waals surface area contributed by atoms with Crippen LogP contribution in [0.5, 0.6) is 5.75 Å². The summed E-state index contributed by atoms with van der Waals surface area (Å²) in [5.41, 5.74) is 0.804. The zero-order chi connectivity index (χ0) is 12.2. The van der Waals surface area contributed by atoms with E-state index in [4.69, 9.17) is 4.74 Å². The first-order chi connectivity index (χ1) is 7.45. The Balaban J connectivity index is 2.79. The molecule has 3 heteroatoms. The summed E-state index contributed by atoms with van der Waals surface area (Å²) in [7, 11) is 0. The standard InChI is InChI=1S/C13H18GeO2/c1-5-10-16-12-8-6-11(7-9-12)13(15)14(2,3)4/h5-9H,1,10H2,2-4H3. The second-order valence-corrected chi connectivity index (χ2v) is 15.1. The van der Waals surface area contributed by atoms with Gasteiger partial charge >= 0.3 is 99.5 Å². The van der Waals surface area contributed by atoms with Crippen molar-refractivity contribution in [3.63, 3.8) is 0 Å². The molecule has 86 valence electrons. The molecule has 1 rings (SSSR count). The maximum atomic E-state index is 12.0. The van der Waals surface area contributed by atoms with Crippen molar-refractivity contribution >= 4 is 17.9 Å². The summed E-state index contributed by atoms with van der Waals surface area (Å²) in [5, 5.41) is 0. The van der Waals surface area contributed by atoms with E-state index in [-0.39, 0.29) is 0 Å². The molecule has 0 aliphatic heterocycles. The van der Waals surface area contributed by atoms with Crippen molar-refractivity contribution in [1.29, 1.82) is 0 Å². The normalized spacial score (nSPS) is 10.9. The molecule has 0 saturated carbocycles. The van der Waals surface area contributed by atoms with Gasteiger partial charge in [0.1, 0.15) is 0 Å². The SMILES string of the molecule is C=CCOc1ccc([C](=O)[Ge]([CH3])([CH3])[CH3])cc1. The fourth-order valence-electron chi connectivity index (χ4n) is 1.29. The van der Waals surface area contributed by atoms with Gasteiger partial charge in [0.15, 0.2) is 0 Å². The van der Waals surface area contributed by atoms with Crippen LogP contribution in [0.25, 0.3) is 0 Å². The Morgan fingerprint density at radius 1 is 1.31 bits per heavy atom. The molecule has 1 aromatic rings. The number of rotatable bonds is 5. The molecular weight excluding hydrogens is 261 g/mol. The van der Waals surface area contributed by atoms with Gasteiger partial charge in [0, 0.05) is 0 Å². The van der Waals surface area contributed by atoms with Gasteiger partial charge in [-0.1, -0.05) is 0 Å². The molecule has 0 amide bonds. The summed E-state index contributed by atoms with van der Waals surface area (Å²) < 4.78 is 5.69. The average Bonchev–Trinajstić information content (AvgIpc) is 2.25. The molecular formula is C13H18GeO2. The fraction of sp³-hybridized carbons (Fsp3) is 0.308. The topological polar surface area (TPSA) is 26.3 Å². The molecule has 0 fully saturated rings. The van der Waals surface area contributed by atoms with Crippen LogP contribution in [0.15, 0.2) is 36.9 Å². The van der Waals surface area contributed by atoms with Crippen molar-refractivity contribution in [1.82, 2.24) is 0 Å². The van der Waals surface area contributed by atoms with Crippen LogP contribution in [0.2, 0.25) is 17.3 Å². The first kappa shape index (κ1) is 13.0. The van der Waals surface area contributed by atoms with Gasteiger partial charge in [0.2, 0.25) is 0 Å².